The highest BCUT2D eigenvalue weighted by Gasteiger charge is 2.15. The van der Waals surface area contributed by atoms with Crippen LogP contribution in [0.3, 0.4) is 0 Å². The summed E-state index contributed by atoms with van der Waals surface area (Å²) in [6.45, 7) is 2.11. The lowest BCUT2D eigenvalue weighted by atomic mass is 10.4. The molecule has 0 spiro atoms. The van der Waals surface area contributed by atoms with Crippen LogP contribution in [0.5, 0.6) is 0 Å². The van der Waals surface area contributed by atoms with E-state index in [1.54, 1.807) is 6.20 Å². The molecule has 12 heavy (non-hydrogen) atoms. The minimum atomic E-state index is 0.479. The van der Waals surface area contributed by atoms with Crippen molar-refractivity contribution in [3.8, 4) is 0 Å². The lowest BCUT2D eigenvalue weighted by molar-refractivity contribution is 0.850. The van der Waals surface area contributed by atoms with Crippen molar-refractivity contribution in [2.75, 3.05) is 23.7 Å². The van der Waals surface area contributed by atoms with Crippen LogP contribution in [-0.2, 0) is 0 Å². The van der Waals surface area contributed by atoms with Crippen molar-refractivity contribution in [2.24, 2.45) is 0 Å². The zero-order chi connectivity index (χ0) is 8.39. The zero-order valence-electron chi connectivity index (χ0n) is 6.77. The molecule has 2 N–H and O–H groups in total. The quantitative estimate of drug-likeness (QED) is 0.637. The number of hydrogen-bond acceptors (Lipinski definition) is 5. The molecule has 2 rings (SSSR count). The Bertz CT molecular complexity index is 268. The SMILES string of the molecule is Nc1nnncc1N1CCCC1. The van der Waals surface area contributed by atoms with Gasteiger partial charge in [0.05, 0.1) is 6.20 Å². The molecule has 5 nitrogen and oxygen atoms in total. The molecule has 1 aliphatic rings. The second-order valence-corrected chi connectivity index (χ2v) is 2.90. The van der Waals surface area contributed by atoms with Gasteiger partial charge in [-0.05, 0) is 18.1 Å². The van der Waals surface area contributed by atoms with Gasteiger partial charge >= 0.3 is 0 Å². The molecule has 0 amide bonds. The van der Waals surface area contributed by atoms with E-state index < -0.39 is 0 Å². The molecule has 0 aromatic carbocycles. The summed E-state index contributed by atoms with van der Waals surface area (Å²) in [5.41, 5.74) is 6.56. The second-order valence-electron chi connectivity index (χ2n) is 2.90. The van der Waals surface area contributed by atoms with Crippen LogP contribution in [0.15, 0.2) is 6.20 Å². The molecule has 0 atom stereocenters. The molecule has 1 fully saturated rings. The van der Waals surface area contributed by atoms with Gasteiger partial charge in [-0.15, -0.1) is 10.2 Å². The minimum Gasteiger partial charge on any atom is -0.380 e. The van der Waals surface area contributed by atoms with Crippen molar-refractivity contribution in [3.63, 3.8) is 0 Å². The molecule has 0 aliphatic carbocycles. The zero-order valence-corrected chi connectivity index (χ0v) is 6.77. The Morgan fingerprint density at radius 3 is 2.75 bits per heavy atom. The number of nitrogens with two attached hydrogens (primary N) is 1. The summed E-state index contributed by atoms with van der Waals surface area (Å²) in [7, 11) is 0. The highest BCUT2D eigenvalue weighted by molar-refractivity contribution is 5.61. The molecule has 1 aromatic rings. The van der Waals surface area contributed by atoms with E-state index in [4.69, 9.17) is 5.73 Å². The Labute approximate surface area is 70.6 Å². The van der Waals surface area contributed by atoms with Gasteiger partial charge in [-0.1, -0.05) is 0 Å². The van der Waals surface area contributed by atoms with Crippen LogP contribution in [0.4, 0.5) is 11.5 Å². The number of anilines is 2. The van der Waals surface area contributed by atoms with Crippen molar-refractivity contribution in [1.29, 1.82) is 0 Å². The van der Waals surface area contributed by atoms with E-state index in [9.17, 15) is 0 Å². The molecule has 0 saturated carbocycles. The largest absolute Gasteiger partial charge is 0.380 e. The summed E-state index contributed by atoms with van der Waals surface area (Å²) in [5, 5.41) is 10.9. The standard InChI is InChI=1S/C7H11N5/c8-7-6(5-9-11-10-7)12-3-1-2-4-12/h5H,1-4H2,(H2,8,9,10). The number of rotatable bonds is 1. The van der Waals surface area contributed by atoms with E-state index in [1.165, 1.54) is 12.8 Å². The first kappa shape index (κ1) is 7.27. The molecule has 1 aromatic heterocycles. The van der Waals surface area contributed by atoms with Gasteiger partial charge in [0.25, 0.3) is 0 Å². The predicted octanol–water partition coefficient (Wildman–Crippen LogP) is 0.0540. The van der Waals surface area contributed by atoms with Crippen molar-refractivity contribution in [3.05, 3.63) is 6.20 Å². The van der Waals surface area contributed by atoms with Crippen LogP contribution in [0.2, 0.25) is 0 Å². The lowest BCUT2D eigenvalue weighted by Crippen LogP contribution is -2.20. The molecule has 64 valence electrons. The molecular weight excluding hydrogens is 154 g/mol. The van der Waals surface area contributed by atoms with Gasteiger partial charge in [0.15, 0.2) is 5.82 Å². The third-order valence-electron chi connectivity index (χ3n) is 2.09. The third kappa shape index (κ3) is 1.17. The van der Waals surface area contributed by atoms with Crippen LogP contribution in [0, 0.1) is 0 Å². The molecule has 0 unspecified atom stereocenters. The number of nitrogens with zero attached hydrogens (tertiary/aromatic N) is 4. The van der Waals surface area contributed by atoms with Gasteiger partial charge in [0, 0.05) is 13.1 Å². The molecule has 2 heterocycles. The number of hydrogen-bond donors (Lipinski definition) is 1. The highest BCUT2D eigenvalue weighted by Crippen LogP contribution is 2.22. The second kappa shape index (κ2) is 2.92. The minimum absolute atomic E-state index is 0.479. The average Bonchev–Trinajstić information content (AvgIpc) is 2.57. The van der Waals surface area contributed by atoms with E-state index in [0.717, 1.165) is 18.8 Å². The van der Waals surface area contributed by atoms with Crippen molar-refractivity contribution < 1.29 is 0 Å². The topological polar surface area (TPSA) is 67.9 Å². The molecule has 1 saturated heterocycles. The first-order chi connectivity index (χ1) is 5.88. The smallest absolute Gasteiger partial charge is 0.173 e. The summed E-state index contributed by atoms with van der Waals surface area (Å²) in [4.78, 5) is 2.19. The van der Waals surface area contributed by atoms with E-state index in [2.05, 4.69) is 20.3 Å². The summed E-state index contributed by atoms with van der Waals surface area (Å²) in [6.07, 6.45) is 4.12. The fourth-order valence-corrected chi connectivity index (χ4v) is 1.47. The van der Waals surface area contributed by atoms with Crippen LogP contribution in [0.25, 0.3) is 0 Å². The Morgan fingerprint density at radius 2 is 2.08 bits per heavy atom. The van der Waals surface area contributed by atoms with Crippen LogP contribution >= 0.6 is 0 Å². The Balaban J connectivity index is 2.26. The van der Waals surface area contributed by atoms with Crippen LogP contribution in [0.1, 0.15) is 12.8 Å². The Kier molecular flexibility index (Phi) is 1.77. The lowest BCUT2D eigenvalue weighted by Gasteiger charge is -2.16. The van der Waals surface area contributed by atoms with Gasteiger partial charge in [0.1, 0.15) is 5.69 Å². The van der Waals surface area contributed by atoms with Crippen molar-refractivity contribution in [1.82, 2.24) is 15.4 Å². The van der Waals surface area contributed by atoms with Gasteiger partial charge < -0.3 is 10.6 Å². The normalized spacial score (nSPS) is 16.8. The summed E-state index contributed by atoms with van der Waals surface area (Å²) in [6, 6.07) is 0. The monoisotopic (exact) mass is 165 g/mol. The van der Waals surface area contributed by atoms with E-state index in [-0.39, 0.29) is 0 Å². The van der Waals surface area contributed by atoms with Gasteiger partial charge in [0.2, 0.25) is 0 Å². The molecule has 5 heteroatoms. The van der Waals surface area contributed by atoms with Crippen molar-refractivity contribution in [2.45, 2.75) is 12.8 Å². The maximum atomic E-state index is 5.65. The van der Waals surface area contributed by atoms with E-state index >= 15 is 0 Å². The maximum Gasteiger partial charge on any atom is 0.173 e. The summed E-state index contributed by atoms with van der Waals surface area (Å²) < 4.78 is 0. The van der Waals surface area contributed by atoms with E-state index in [0.29, 0.717) is 5.82 Å². The van der Waals surface area contributed by atoms with Crippen LogP contribution < -0.4 is 10.6 Å². The first-order valence-corrected chi connectivity index (χ1v) is 4.07. The average molecular weight is 165 g/mol. The number of nitrogen functional groups attached to an aromatic ring is 1. The van der Waals surface area contributed by atoms with Gasteiger partial charge in [-0.2, -0.15) is 0 Å². The molecular formula is C7H11N5. The number of aromatic nitrogens is 3. The maximum absolute atomic E-state index is 5.65. The van der Waals surface area contributed by atoms with Crippen molar-refractivity contribution >= 4 is 11.5 Å². The van der Waals surface area contributed by atoms with Gasteiger partial charge in [-0.25, -0.2) is 0 Å². The van der Waals surface area contributed by atoms with Crippen LogP contribution in [-0.4, -0.2) is 28.5 Å². The molecule has 0 radical (unpaired) electrons. The predicted molar refractivity (Wildman–Crippen MR) is 45.7 cm³/mol. The van der Waals surface area contributed by atoms with Gasteiger partial charge in [-0.3, -0.25) is 0 Å². The summed E-state index contributed by atoms with van der Waals surface area (Å²) in [5.74, 6) is 0.479. The molecule has 1 aliphatic heterocycles. The Hall–Kier alpha value is -1.39. The van der Waals surface area contributed by atoms with E-state index in [1.807, 2.05) is 0 Å². The fraction of sp³-hybridized carbons (Fsp3) is 0.571. The fourth-order valence-electron chi connectivity index (χ4n) is 1.47. The Morgan fingerprint density at radius 1 is 1.33 bits per heavy atom. The third-order valence-corrected chi connectivity index (χ3v) is 2.09. The highest BCUT2D eigenvalue weighted by atomic mass is 15.3. The first-order valence-electron chi connectivity index (χ1n) is 4.07. The summed E-state index contributed by atoms with van der Waals surface area (Å²) >= 11 is 0. The molecule has 0 bridgehead atoms.